The summed E-state index contributed by atoms with van der Waals surface area (Å²) in [6.45, 7) is 33.3. The second kappa shape index (κ2) is 23.1. The second-order valence-electron chi connectivity index (χ2n) is 25.3. The van der Waals surface area contributed by atoms with Crippen molar-refractivity contribution in [3.63, 3.8) is 0 Å². The van der Waals surface area contributed by atoms with Gasteiger partial charge in [-0.1, -0.05) is 132 Å². The number of nitrogens with zero attached hydrogens (tertiary/aromatic N) is 2. The number of aryl methyl sites for hydroxylation is 8. The normalized spacial score (nSPS) is 15.7. The molecule has 0 amide bonds. The zero-order valence-electron chi connectivity index (χ0n) is 52.3. The topological polar surface area (TPSA) is 89.0 Å². The van der Waals surface area contributed by atoms with Crippen molar-refractivity contribution in [2.45, 2.75) is 133 Å². The Labute approximate surface area is 516 Å². The van der Waals surface area contributed by atoms with Crippen LogP contribution in [0.5, 0.6) is 0 Å². The molecule has 0 radical (unpaired) electrons. The average molecular weight is 1180 g/mol. The molecule has 12 heteroatoms. The van der Waals surface area contributed by atoms with Crippen LogP contribution in [0.15, 0.2) is 167 Å². The van der Waals surface area contributed by atoms with E-state index in [-0.39, 0.29) is 22.4 Å². The van der Waals surface area contributed by atoms with E-state index in [4.69, 9.17) is 55.6 Å². The highest BCUT2D eigenvalue weighted by Gasteiger charge is 2.63. The molecule has 2 saturated heterocycles. The summed E-state index contributed by atoms with van der Waals surface area (Å²) in [4.78, 5) is 8.93. The molecule has 8 nitrogen and oxygen atoms in total. The lowest BCUT2D eigenvalue weighted by Gasteiger charge is -2.32. The van der Waals surface area contributed by atoms with Gasteiger partial charge in [0, 0.05) is 50.3 Å². The molecule has 0 atom stereocenters. The van der Waals surface area contributed by atoms with Gasteiger partial charge in [-0.15, -0.1) is 0 Å². The molecule has 4 aromatic heterocycles. The van der Waals surface area contributed by atoms with Gasteiger partial charge in [-0.05, 0) is 225 Å². The van der Waals surface area contributed by atoms with Gasteiger partial charge in [0.1, 0.15) is 21.9 Å². The Hall–Kier alpha value is -7.27. The third-order valence-electron chi connectivity index (χ3n) is 18.2. The minimum Gasteiger partial charge on any atom is -0.455 e. The van der Waals surface area contributed by atoms with E-state index in [1.54, 1.807) is 0 Å². The summed E-state index contributed by atoms with van der Waals surface area (Å²) in [5, 5.41) is 10.3. The second-order valence-corrected chi connectivity index (χ2v) is 26.1. The van der Waals surface area contributed by atoms with Crippen molar-refractivity contribution in [2.75, 3.05) is 0 Å². The Kier molecular flexibility index (Phi) is 16.2. The van der Waals surface area contributed by atoms with E-state index < -0.39 is 14.0 Å². The monoisotopic (exact) mass is 1180 g/mol. The fourth-order valence-corrected chi connectivity index (χ4v) is 11.8. The summed E-state index contributed by atoms with van der Waals surface area (Å²) in [6, 6.07) is 50.5. The highest BCUT2D eigenvalue weighted by atomic mass is 35.5. The summed E-state index contributed by atoms with van der Waals surface area (Å²) in [7, 11) is -0.952. The molecule has 14 rings (SSSR count). The minimum absolute atomic E-state index is 0.360. The Morgan fingerprint density at radius 1 is 0.326 bits per heavy atom. The number of rotatable bonds is 4. The van der Waals surface area contributed by atoms with Crippen molar-refractivity contribution in [3.05, 3.63) is 213 Å². The Morgan fingerprint density at radius 2 is 0.709 bits per heavy atom. The molecule has 2 aliphatic heterocycles. The van der Waals surface area contributed by atoms with Crippen LogP contribution in [0.25, 0.3) is 98.9 Å². The van der Waals surface area contributed by atoms with Crippen LogP contribution >= 0.6 is 23.2 Å². The predicted molar refractivity (Wildman–Crippen MR) is 361 cm³/mol. The zero-order valence-corrected chi connectivity index (χ0v) is 53.8. The fourth-order valence-electron chi connectivity index (χ4n) is 11.5. The van der Waals surface area contributed by atoms with E-state index in [9.17, 15) is 0 Å². The number of benzene rings is 8. The van der Waals surface area contributed by atoms with E-state index in [0.29, 0.717) is 10.2 Å². The molecule has 2 fully saturated rings. The van der Waals surface area contributed by atoms with E-state index in [2.05, 4.69) is 170 Å². The van der Waals surface area contributed by atoms with Crippen molar-refractivity contribution in [1.82, 2.24) is 9.97 Å². The van der Waals surface area contributed by atoms with Crippen LogP contribution in [0.4, 0.5) is 0 Å². The van der Waals surface area contributed by atoms with Gasteiger partial charge in [-0.2, -0.15) is 0 Å². The quantitative estimate of drug-likeness (QED) is 0.127. The molecule has 6 heterocycles. The SMILES string of the molecule is CC1(C)OB(B2OC(C)(C)C(C)(C)O2)OC1(C)C.Cc1cc(C)c(-c2cc(-c3cccc4c3oc3c5ccccc5ccc43)ncc2C)cc1C.Cc1cc(C)c(-c2cc(Cl)ncc2C)cc1C.Clc1cccc2c1oc1c3ccccc3ccc21. The number of aromatic nitrogens is 2. The van der Waals surface area contributed by atoms with Crippen LogP contribution in [0, 0.1) is 55.4 Å². The van der Waals surface area contributed by atoms with Crippen molar-refractivity contribution < 1.29 is 27.5 Å². The number of para-hydroxylation sites is 2. The molecular weight excluding hydrogens is 1110 g/mol. The number of halogens is 2. The largest absolute Gasteiger partial charge is 0.488 e. The third-order valence-corrected chi connectivity index (χ3v) is 18.7. The number of pyridine rings is 2. The standard InChI is InChI=1S/C31H25NO.C16H9ClO.C15H16ClN.C12H24B2O4/c1-18-14-20(3)27(15-19(18)2)28-16-29(32-17-21(28)4)26-11-7-10-24-25-13-12-22-8-5-6-9-23(22)30(25)33-31(24)26;17-14-7-3-6-12-13-9-8-10-4-1-2-5-11(10)15(13)18-16(12)14;1-9-5-11(3)13(6-10(9)2)14-7-15(16)17-8-12(14)4;1-9(2)10(3,4)16-13(15-9)14-17-11(5,6)12(7,8)18-14/h5-17H,1-4H3;1-9H;5-8H,1-4H3;1-8H3. The Morgan fingerprint density at radius 3 is 1.21 bits per heavy atom. The summed E-state index contributed by atoms with van der Waals surface area (Å²) < 4.78 is 36.4. The zero-order chi connectivity index (χ0) is 61.4. The van der Waals surface area contributed by atoms with Crippen LogP contribution < -0.4 is 0 Å². The summed E-state index contributed by atoms with van der Waals surface area (Å²) in [5.74, 6) is 0. The summed E-state index contributed by atoms with van der Waals surface area (Å²) in [6.07, 6.45) is 3.81. The van der Waals surface area contributed by atoms with Gasteiger partial charge in [-0.3, -0.25) is 4.98 Å². The predicted octanol–water partition coefficient (Wildman–Crippen LogP) is 21.0. The number of fused-ring (bicyclic) bond motifs is 10. The van der Waals surface area contributed by atoms with Gasteiger partial charge in [0.15, 0.2) is 5.58 Å². The molecule has 0 unspecified atom stereocenters. The highest BCUT2D eigenvalue weighted by Crippen LogP contribution is 2.44. The molecule has 0 N–H and O–H groups in total. The summed E-state index contributed by atoms with van der Waals surface area (Å²) in [5.41, 5.74) is 19.1. The molecule has 0 aliphatic carbocycles. The number of furan rings is 2. The van der Waals surface area contributed by atoms with Crippen LogP contribution in [0.2, 0.25) is 10.2 Å². The van der Waals surface area contributed by atoms with Crippen LogP contribution in [0.1, 0.15) is 99.9 Å². The fraction of sp³-hybridized carbons (Fsp3) is 0.270. The Bertz CT molecular complexity index is 4530. The summed E-state index contributed by atoms with van der Waals surface area (Å²) >= 11 is 12.2. The van der Waals surface area contributed by atoms with Gasteiger partial charge in [0.05, 0.1) is 33.1 Å². The molecule has 2 aliphatic rings. The van der Waals surface area contributed by atoms with Crippen molar-refractivity contribution in [1.29, 1.82) is 0 Å². The number of hydrogen-bond donors (Lipinski definition) is 0. The van der Waals surface area contributed by atoms with Crippen LogP contribution in [-0.4, -0.2) is 46.4 Å². The first kappa shape index (κ1) is 60.4. The van der Waals surface area contributed by atoms with E-state index >= 15 is 0 Å². The number of hydrogen-bond acceptors (Lipinski definition) is 8. The molecule has 0 spiro atoms. The van der Waals surface area contributed by atoms with E-state index in [1.165, 1.54) is 72.0 Å². The van der Waals surface area contributed by atoms with Gasteiger partial charge < -0.3 is 27.5 Å². The molecule has 8 aromatic carbocycles. The first-order chi connectivity index (χ1) is 40.7. The van der Waals surface area contributed by atoms with Gasteiger partial charge in [-0.25, -0.2) is 4.98 Å². The average Bonchev–Trinajstić information content (AvgIpc) is 1.70. The first-order valence-corrected chi connectivity index (χ1v) is 30.3. The first-order valence-electron chi connectivity index (χ1n) is 29.5. The lowest BCUT2D eigenvalue weighted by molar-refractivity contribution is 0.00578. The molecule has 436 valence electrons. The van der Waals surface area contributed by atoms with Crippen molar-refractivity contribution >= 4 is 103 Å². The Balaban J connectivity index is 0.000000125. The van der Waals surface area contributed by atoms with Crippen LogP contribution in [0.3, 0.4) is 0 Å². The van der Waals surface area contributed by atoms with E-state index in [0.717, 1.165) is 71.5 Å². The lowest BCUT2D eigenvalue weighted by Crippen LogP contribution is -2.41. The molecule has 12 aromatic rings. The highest BCUT2D eigenvalue weighted by molar-refractivity contribution is 7.11. The van der Waals surface area contributed by atoms with Crippen molar-refractivity contribution in [2.24, 2.45) is 0 Å². The van der Waals surface area contributed by atoms with Crippen molar-refractivity contribution in [3.8, 4) is 33.5 Å². The molecule has 0 bridgehead atoms. The van der Waals surface area contributed by atoms with Crippen LogP contribution in [-0.2, 0) is 18.6 Å². The van der Waals surface area contributed by atoms with E-state index in [1.807, 2.05) is 104 Å². The molecular formula is C74H74B2Cl2N2O6. The smallest absolute Gasteiger partial charge is 0.455 e. The maximum absolute atomic E-state index is 6.55. The van der Waals surface area contributed by atoms with Gasteiger partial charge in [0.25, 0.3) is 0 Å². The maximum Gasteiger partial charge on any atom is 0.488 e. The van der Waals surface area contributed by atoms with Gasteiger partial charge >= 0.3 is 14.0 Å². The molecule has 86 heavy (non-hydrogen) atoms. The maximum atomic E-state index is 6.55. The lowest BCUT2D eigenvalue weighted by atomic mass is 9.49. The molecule has 0 saturated carbocycles. The minimum atomic E-state index is -0.476. The third kappa shape index (κ3) is 11.4. The van der Waals surface area contributed by atoms with Gasteiger partial charge in [0.2, 0.25) is 0 Å².